The van der Waals surface area contributed by atoms with Crippen LogP contribution in [0.3, 0.4) is 0 Å². The molecule has 5 N–H and O–H groups in total. The first-order valence-electron chi connectivity index (χ1n) is 16.5. The van der Waals surface area contributed by atoms with E-state index in [1.165, 1.54) is 17.7 Å². The van der Waals surface area contributed by atoms with Crippen molar-refractivity contribution in [3.05, 3.63) is 95.6 Å². The van der Waals surface area contributed by atoms with Gasteiger partial charge < -0.3 is 35.2 Å². The van der Waals surface area contributed by atoms with E-state index in [1.54, 1.807) is 18.2 Å². The number of alkyl halides is 3. The minimum absolute atomic E-state index is 0.120. The van der Waals surface area contributed by atoms with E-state index >= 15 is 0 Å². The SMILES string of the molecule is O=C(O)c1cc(-c2ccc(C3CCN(CCCC4OC(CO)C(O)C(O)C4O)CC3)cc2)c2ccc(-c3ccc(C(F)(F)F)cc3)cc2c1. The van der Waals surface area contributed by atoms with E-state index < -0.39 is 54.8 Å². The van der Waals surface area contributed by atoms with Crippen LogP contribution in [-0.4, -0.2) is 93.2 Å². The van der Waals surface area contributed by atoms with Crippen molar-refractivity contribution >= 4 is 16.7 Å². The molecule has 2 saturated heterocycles. The lowest BCUT2D eigenvalue weighted by Crippen LogP contribution is -2.58. The number of carboxylic acid groups (broad SMARTS) is 1. The minimum Gasteiger partial charge on any atom is -0.478 e. The summed E-state index contributed by atoms with van der Waals surface area (Å²) >= 11 is 0. The number of piperidine rings is 1. The number of halogens is 3. The smallest absolute Gasteiger partial charge is 0.416 e. The zero-order chi connectivity index (χ0) is 34.9. The highest BCUT2D eigenvalue weighted by Gasteiger charge is 2.43. The lowest BCUT2D eigenvalue weighted by molar-refractivity contribution is -0.230. The molecule has 4 aromatic rings. The number of ether oxygens (including phenoxy) is 1. The molecule has 2 heterocycles. The first-order chi connectivity index (χ1) is 23.4. The molecule has 0 aromatic heterocycles. The van der Waals surface area contributed by atoms with Crippen molar-refractivity contribution in [1.29, 1.82) is 0 Å². The average molecular weight is 680 g/mol. The van der Waals surface area contributed by atoms with E-state index in [9.17, 15) is 43.5 Å². The second kappa shape index (κ2) is 14.6. The fraction of sp³-hybridized carbons (Fsp3) is 0.395. The van der Waals surface area contributed by atoms with Crippen molar-refractivity contribution in [3.63, 3.8) is 0 Å². The highest BCUT2D eigenvalue weighted by Crippen LogP contribution is 2.37. The fourth-order valence-corrected chi connectivity index (χ4v) is 7.12. The quantitative estimate of drug-likeness (QED) is 0.153. The largest absolute Gasteiger partial charge is 0.478 e. The van der Waals surface area contributed by atoms with Gasteiger partial charge in [0, 0.05) is 0 Å². The Kier molecular flexibility index (Phi) is 10.4. The van der Waals surface area contributed by atoms with Gasteiger partial charge in [-0.15, -0.1) is 0 Å². The lowest BCUT2D eigenvalue weighted by atomic mass is 9.87. The number of carboxylic acids is 1. The highest BCUT2D eigenvalue weighted by atomic mass is 19.4. The van der Waals surface area contributed by atoms with Crippen LogP contribution in [0.15, 0.2) is 78.9 Å². The number of aliphatic hydroxyl groups is 4. The predicted molar refractivity (Wildman–Crippen MR) is 178 cm³/mol. The third-order valence-electron chi connectivity index (χ3n) is 9.98. The van der Waals surface area contributed by atoms with Crippen molar-refractivity contribution in [2.75, 3.05) is 26.2 Å². The van der Waals surface area contributed by atoms with Crippen molar-refractivity contribution in [3.8, 4) is 22.3 Å². The Bertz CT molecular complexity index is 1750. The van der Waals surface area contributed by atoms with Crippen molar-refractivity contribution in [1.82, 2.24) is 4.90 Å². The van der Waals surface area contributed by atoms with Crippen LogP contribution in [0, 0.1) is 0 Å². The van der Waals surface area contributed by atoms with Gasteiger partial charge in [-0.3, -0.25) is 0 Å². The fourth-order valence-electron chi connectivity index (χ4n) is 7.12. The summed E-state index contributed by atoms with van der Waals surface area (Å²) in [6.45, 7) is 2.16. The Labute approximate surface area is 282 Å². The molecule has 2 aliphatic heterocycles. The maximum absolute atomic E-state index is 13.1. The van der Waals surface area contributed by atoms with Gasteiger partial charge in [0.1, 0.15) is 24.4 Å². The van der Waals surface area contributed by atoms with Crippen LogP contribution in [0.25, 0.3) is 33.0 Å². The van der Waals surface area contributed by atoms with E-state index in [0.717, 1.165) is 67.5 Å². The number of rotatable bonds is 9. The first kappa shape index (κ1) is 35.0. The molecule has 11 heteroatoms. The van der Waals surface area contributed by atoms with Crippen molar-refractivity contribution in [2.45, 2.75) is 68.3 Å². The average Bonchev–Trinajstić information content (AvgIpc) is 3.11. The molecular weight excluding hydrogens is 639 g/mol. The second-order valence-corrected chi connectivity index (χ2v) is 13.1. The number of aliphatic hydroxyl groups excluding tert-OH is 4. The molecule has 0 amide bonds. The van der Waals surface area contributed by atoms with E-state index in [0.29, 0.717) is 28.9 Å². The van der Waals surface area contributed by atoms with Crippen LogP contribution in [0.5, 0.6) is 0 Å². The van der Waals surface area contributed by atoms with Crippen LogP contribution in [0.4, 0.5) is 13.2 Å². The van der Waals surface area contributed by atoms with Crippen molar-refractivity contribution in [2.24, 2.45) is 0 Å². The molecular formula is C38H40F3NO7. The number of likely N-dealkylation sites (tertiary alicyclic amines) is 1. The van der Waals surface area contributed by atoms with Gasteiger partial charge in [0.2, 0.25) is 0 Å². The number of hydrogen-bond acceptors (Lipinski definition) is 7. The lowest BCUT2D eigenvalue weighted by Gasteiger charge is -2.40. The molecule has 5 unspecified atom stereocenters. The number of hydrogen-bond donors (Lipinski definition) is 5. The Hall–Kier alpha value is -3.84. The molecule has 2 aliphatic rings. The molecule has 0 aliphatic carbocycles. The van der Waals surface area contributed by atoms with Crippen LogP contribution in [0.1, 0.15) is 53.1 Å². The molecule has 0 saturated carbocycles. The first-order valence-corrected chi connectivity index (χ1v) is 16.5. The minimum atomic E-state index is -4.43. The van der Waals surface area contributed by atoms with Gasteiger partial charge >= 0.3 is 12.1 Å². The van der Waals surface area contributed by atoms with Crippen LogP contribution >= 0.6 is 0 Å². The van der Waals surface area contributed by atoms with Gasteiger partial charge in [-0.1, -0.05) is 48.5 Å². The Morgan fingerprint density at radius 1 is 0.796 bits per heavy atom. The monoisotopic (exact) mass is 679 g/mol. The molecule has 5 atom stereocenters. The standard InChI is InChI=1S/C38H40F3NO7/c39-38(40,41)29-10-7-23(8-11-29)26-9-12-30-27(18-26)19-28(37(47)48)20-31(30)25-5-3-22(4-6-25)24-13-16-42(17-14-24)15-1-2-32-34(44)36(46)35(45)33(21-43)49-32/h3-12,18-20,24,32-36,43-46H,1-2,13-17,21H2,(H,47,48). The summed E-state index contributed by atoms with van der Waals surface area (Å²) in [6.07, 6.45) is -6.73. The van der Waals surface area contributed by atoms with Crippen LogP contribution in [-0.2, 0) is 10.9 Å². The third-order valence-corrected chi connectivity index (χ3v) is 9.98. The maximum Gasteiger partial charge on any atom is 0.416 e. The predicted octanol–water partition coefficient (Wildman–Crippen LogP) is 5.69. The zero-order valence-electron chi connectivity index (χ0n) is 26.8. The number of fused-ring (bicyclic) bond motifs is 1. The molecule has 6 rings (SSSR count). The molecule has 49 heavy (non-hydrogen) atoms. The summed E-state index contributed by atoms with van der Waals surface area (Å²) in [7, 11) is 0. The Balaban J connectivity index is 1.10. The van der Waals surface area contributed by atoms with Gasteiger partial charge in [-0.05, 0) is 120 Å². The third kappa shape index (κ3) is 7.67. The number of carbonyl (C=O) groups is 1. The molecule has 260 valence electrons. The molecule has 2 fully saturated rings. The summed E-state index contributed by atoms with van der Waals surface area (Å²) in [5, 5.41) is 51.1. The van der Waals surface area contributed by atoms with Gasteiger partial charge in [-0.2, -0.15) is 13.2 Å². The summed E-state index contributed by atoms with van der Waals surface area (Å²) < 4.78 is 44.8. The second-order valence-electron chi connectivity index (χ2n) is 13.1. The van der Waals surface area contributed by atoms with E-state index in [2.05, 4.69) is 17.0 Å². The number of nitrogens with zero attached hydrogens (tertiary/aromatic N) is 1. The summed E-state index contributed by atoms with van der Waals surface area (Å²) in [4.78, 5) is 14.4. The maximum atomic E-state index is 13.1. The van der Waals surface area contributed by atoms with Gasteiger partial charge in [0.15, 0.2) is 0 Å². The Morgan fingerprint density at radius 3 is 2.06 bits per heavy atom. The van der Waals surface area contributed by atoms with Crippen molar-refractivity contribution < 1.29 is 48.2 Å². The topological polar surface area (TPSA) is 131 Å². The Morgan fingerprint density at radius 2 is 1.43 bits per heavy atom. The van der Waals surface area contributed by atoms with E-state index in [-0.39, 0.29) is 5.56 Å². The zero-order valence-corrected chi connectivity index (χ0v) is 26.8. The number of aromatic carboxylic acids is 1. The van der Waals surface area contributed by atoms with Crippen LogP contribution in [0.2, 0.25) is 0 Å². The van der Waals surface area contributed by atoms with Gasteiger partial charge in [0.25, 0.3) is 0 Å². The molecule has 0 bridgehead atoms. The normalized spacial score (nSPS) is 23.9. The van der Waals surface area contributed by atoms with Gasteiger partial charge in [0.05, 0.1) is 23.8 Å². The summed E-state index contributed by atoms with van der Waals surface area (Å²) in [5.74, 6) is -0.705. The summed E-state index contributed by atoms with van der Waals surface area (Å²) in [5.41, 5.74) is 3.50. The molecule has 8 nitrogen and oxygen atoms in total. The van der Waals surface area contributed by atoms with E-state index in [1.807, 2.05) is 24.3 Å². The highest BCUT2D eigenvalue weighted by molar-refractivity contribution is 6.04. The van der Waals surface area contributed by atoms with Crippen LogP contribution < -0.4 is 0 Å². The number of benzene rings is 4. The van der Waals surface area contributed by atoms with Gasteiger partial charge in [-0.25, -0.2) is 4.79 Å². The molecule has 4 aromatic carbocycles. The molecule has 0 radical (unpaired) electrons. The summed E-state index contributed by atoms with van der Waals surface area (Å²) in [6, 6.07) is 21.9. The van der Waals surface area contributed by atoms with E-state index in [4.69, 9.17) is 4.74 Å². The molecule has 0 spiro atoms.